The van der Waals surface area contributed by atoms with Crippen LogP contribution in [-0.4, -0.2) is 24.7 Å². The molecule has 1 heterocycles. The van der Waals surface area contributed by atoms with Gasteiger partial charge in [-0.15, -0.1) is 0 Å². The van der Waals surface area contributed by atoms with Gasteiger partial charge in [-0.25, -0.2) is 0 Å². The lowest BCUT2D eigenvalue weighted by atomic mass is 10.1. The summed E-state index contributed by atoms with van der Waals surface area (Å²) in [5.74, 6) is -0.921. The predicted molar refractivity (Wildman–Crippen MR) is 89.1 cm³/mol. The normalized spacial score (nSPS) is 17.0. The maximum Gasteiger partial charge on any atom is 0.316 e. The molecule has 1 aliphatic heterocycles. The highest BCUT2D eigenvalue weighted by Crippen LogP contribution is 2.27. The molecule has 1 fully saturated rings. The zero-order valence-electron chi connectivity index (χ0n) is 13.3. The highest BCUT2D eigenvalue weighted by atomic mass is 16.5. The van der Waals surface area contributed by atoms with E-state index in [1.165, 1.54) is 0 Å². The van der Waals surface area contributed by atoms with Crippen molar-refractivity contribution in [2.45, 2.75) is 13.3 Å². The van der Waals surface area contributed by atoms with E-state index >= 15 is 0 Å². The first-order valence-electron chi connectivity index (χ1n) is 7.71. The maximum absolute atomic E-state index is 12.4. The second-order valence-corrected chi connectivity index (χ2v) is 5.82. The van der Waals surface area contributed by atoms with Crippen molar-refractivity contribution in [1.82, 2.24) is 0 Å². The highest BCUT2D eigenvalue weighted by molar-refractivity contribution is 6.00. The standard InChI is InChI=1S/C19H17NO4/c1-13-5-4-7-16(9-13)20-11-15(10-18(20)22)19(23)24-17-8-3-2-6-14(17)12-21/h2-9,12,15H,10-11H2,1H3/t15-/m0/s1. The van der Waals surface area contributed by atoms with Crippen molar-refractivity contribution in [3.8, 4) is 5.75 Å². The Balaban J connectivity index is 1.73. The molecule has 3 rings (SSSR count). The Kier molecular flexibility index (Phi) is 4.42. The van der Waals surface area contributed by atoms with Crippen LogP contribution in [0.15, 0.2) is 48.5 Å². The van der Waals surface area contributed by atoms with Gasteiger partial charge in [0.15, 0.2) is 6.29 Å². The van der Waals surface area contributed by atoms with Crippen LogP contribution < -0.4 is 9.64 Å². The average Bonchev–Trinajstić information content (AvgIpc) is 2.97. The molecule has 0 saturated carbocycles. The molecule has 2 aromatic carbocycles. The van der Waals surface area contributed by atoms with Crippen LogP contribution in [0.1, 0.15) is 22.3 Å². The number of rotatable bonds is 4. The van der Waals surface area contributed by atoms with Crippen LogP contribution in [-0.2, 0) is 9.59 Å². The zero-order chi connectivity index (χ0) is 17.1. The van der Waals surface area contributed by atoms with E-state index in [1.54, 1.807) is 29.2 Å². The second kappa shape index (κ2) is 6.66. The molecule has 0 aromatic heterocycles. The molecule has 122 valence electrons. The minimum Gasteiger partial charge on any atom is -0.425 e. The van der Waals surface area contributed by atoms with Crippen LogP contribution in [0.4, 0.5) is 5.69 Å². The third-order valence-corrected chi connectivity index (χ3v) is 4.03. The average molecular weight is 323 g/mol. The van der Waals surface area contributed by atoms with Crippen LogP contribution in [0.3, 0.4) is 0 Å². The third kappa shape index (κ3) is 3.20. The summed E-state index contributed by atoms with van der Waals surface area (Å²) in [5.41, 5.74) is 2.14. The van der Waals surface area contributed by atoms with E-state index in [0.717, 1.165) is 11.3 Å². The molecule has 0 bridgehead atoms. The number of esters is 1. The molecule has 1 saturated heterocycles. The molecule has 5 nitrogen and oxygen atoms in total. The number of anilines is 1. The Morgan fingerprint density at radius 1 is 1.21 bits per heavy atom. The molecule has 0 radical (unpaired) electrons. The highest BCUT2D eigenvalue weighted by Gasteiger charge is 2.36. The third-order valence-electron chi connectivity index (χ3n) is 4.03. The molecule has 0 spiro atoms. The van der Waals surface area contributed by atoms with Crippen LogP contribution in [0.5, 0.6) is 5.75 Å². The first-order chi connectivity index (χ1) is 11.6. The van der Waals surface area contributed by atoms with Gasteiger partial charge in [-0.2, -0.15) is 0 Å². The van der Waals surface area contributed by atoms with E-state index in [2.05, 4.69) is 0 Å². The summed E-state index contributed by atoms with van der Waals surface area (Å²) in [6, 6.07) is 14.1. The van der Waals surface area contributed by atoms with Gasteiger partial charge < -0.3 is 9.64 Å². The van der Waals surface area contributed by atoms with Crippen molar-refractivity contribution < 1.29 is 19.1 Å². The first kappa shape index (κ1) is 15.9. The minimum absolute atomic E-state index is 0.105. The quantitative estimate of drug-likeness (QED) is 0.493. The van der Waals surface area contributed by atoms with Crippen molar-refractivity contribution in [1.29, 1.82) is 0 Å². The largest absolute Gasteiger partial charge is 0.425 e. The number of amides is 1. The van der Waals surface area contributed by atoms with E-state index < -0.39 is 11.9 Å². The summed E-state index contributed by atoms with van der Waals surface area (Å²) in [4.78, 5) is 37.2. The number of para-hydroxylation sites is 1. The van der Waals surface area contributed by atoms with Crippen molar-refractivity contribution in [2.24, 2.45) is 5.92 Å². The summed E-state index contributed by atoms with van der Waals surface area (Å²) in [6.45, 7) is 2.23. The van der Waals surface area contributed by atoms with Crippen molar-refractivity contribution >= 4 is 23.9 Å². The Hall–Kier alpha value is -2.95. The van der Waals surface area contributed by atoms with Gasteiger partial charge >= 0.3 is 5.97 Å². The minimum atomic E-state index is -0.544. The Bertz CT molecular complexity index is 799. The monoisotopic (exact) mass is 323 g/mol. The lowest BCUT2D eigenvalue weighted by Gasteiger charge is -2.17. The van der Waals surface area contributed by atoms with Crippen molar-refractivity contribution in [2.75, 3.05) is 11.4 Å². The topological polar surface area (TPSA) is 63.7 Å². The summed E-state index contributed by atoms with van der Waals surface area (Å²) in [6.07, 6.45) is 0.748. The van der Waals surface area contributed by atoms with Crippen LogP contribution in [0.2, 0.25) is 0 Å². The van der Waals surface area contributed by atoms with Crippen LogP contribution in [0.25, 0.3) is 0 Å². The van der Waals surface area contributed by atoms with Gasteiger partial charge in [0.05, 0.1) is 11.5 Å². The molecule has 1 atom stereocenters. The number of carbonyl (C=O) groups is 3. The van der Waals surface area contributed by atoms with E-state index in [4.69, 9.17) is 4.74 Å². The van der Waals surface area contributed by atoms with Gasteiger partial charge in [0, 0.05) is 18.7 Å². The molecule has 2 aromatic rings. The first-order valence-corrected chi connectivity index (χ1v) is 7.71. The predicted octanol–water partition coefficient (Wildman–Crippen LogP) is 2.77. The molecule has 0 unspecified atom stereocenters. The van der Waals surface area contributed by atoms with Gasteiger partial charge in [0.25, 0.3) is 0 Å². The van der Waals surface area contributed by atoms with Gasteiger partial charge in [0.2, 0.25) is 5.91 Å². The number of aryl methyl sites for hydroxylation is 1. The van der Waals surface area contributed by atoms with Crippen molar-refractivity contribution in [3.05, 3.63) is 59.7 Å². The summed E-state index contributed by atoms with van der Waals surface area (Å²) in [5, 5.41) is 0. The Labute approximate surface area is 139 Å². The smallest absolute Gasteiger partial charge is 0.316 e. The Morgan fingerprint density at radius 2 is 2.00 bits per heavy atom. The lowest BCUT2D eigenvalue weighted by Crippen LogP contribution is -2.27. The van der Waals surface area contributed by atoms with E-state index in [1.807, 2.05) is 31.2 Å². The van der Waals surface area contributed by atoms with Gasteiger partial charge in [-0.05, 0) is 36.8 Å². The molecule has 1 aliphatic rings. The van der Waals surface area contributed by atoms with Gasteiger partial charge in [0.1, 0.15) is 5.75 Å². The SMILES string of the molecule is Cc1cccc(N2C[C@@H](C(=O)Oc3ccccc3C=O)CC2=O)c1. The second-order valence-electron chi connectivity index (χ2n) is 5.82. The molecule has 5 heteroatoms. The van der Waals surface area contributed by atoms with E-state index in [9.17, 15) is 14.4 Å². The number of aldehydes is 1. The molecular formula is C19H17NO4. The maximum atomic E-state index is 12.4. The van der Waals surface area contributed by atoms with Crippen LogP contribution in [0, 0.1) is 12.8 Å². The summed E-state index contributed by atoms with van der Waals surface area (Å²) in [7, 11) is 0. The number of carbonyl (C=O) groups excluding carboxylic acids is 3. The number of hydrogen-bond donors (Lipinski definition) is 0. The van der Waals surface area contributed by atoms with E-state index in [0.29, 0.717) is 11.8 Å². The molecular weight excluding hydrogens is 306 g/mol. The molecule has 1 amide bonds. The van der Waals surface area contributed by atoms with Crippen molar-refractivity contribution in [3.63, 3.8) is 0 Å². The van der Waals surface area contributed by atoms with E-state index in [-0.39, 0.29) is 24.6 Å². The van der Waals surface area contributed by atoms with Gasteiger partial charge in [-0.1, -0.05) is 24.3 Å². The lowest BCUT2D eigenvalue weighted by molar-refractivity contribution is -0.139. The summed E-state index contributed by atoms with van der Waals surface area (Å²) >= 11 is 0. The zero-order valence-corrected chi connectivity index (χ0v) is 13.3. The number of hydrogen-bond acceptors (Lipinski definition) is 4. The number of nitrogens with zero attached hydrogens (tertiary/aromatic N) is 1. The summed E-state index contributed by atoms with van der Waals surface area (Å²) < 4.78 is 5.33. The fourth-order valence-corrected chi connectivity index (χ4v) is 2.77. The fraction of sp³-hybridized carbons (Fsp3) is 0.211. The number of benzene rings is 2. The number of ether oxygens (including phenoxy) is 1. The fourth-order valence-electron chi connectivity index (χ4n) is 2.77. The molecule has 0 N–H and O–H groups in total. The molecule has 24 heavy (non-hydrogen) atoms. The van der Waals surface area contributed by atoms with Crippen LogP contribution >= 0.6 is 0 Å². The molecule has 0 aliphatic carbocycles. The Morgan fingerprint density at radius 3 is 2.75 bits per heavy atom. The van der Waals surface area contributed by atoms with Gasteiger partial charge in [-0.3, -0.25) is 14.4 Å².